The van der Waals surface area contributed by atoms with Gasteiger partial charge in [0.2, 0.25) is 0 Å². The fraction of sp³-hybridized carbons (Fsp3) is 0.929. The summed E-state index contributed by atoms with van der Waals surface area (Å²) in [4.78, 5) is 0. The van der Waals surface area contributed by atoms with Crippen LogP contribution in [0, 0.1) is 10.8 Å². The van der Waals surface area contributed by atoms with E-state index in [4.69, 9.17) is 10.9 Å². The van der Waals surface area contributed by atoms with Crippen LogP contribution in [-0.4, -0.2) is 24.1 Å². The van der Waals surface area contributed by atoms with Crippen molar-refractivity contribution in [2.75, 3.05) is 13.1 Å². The van der Waals surface area contributed by atoms with Gasteiger partial charge in [-0.3, -0.25) is 0 Å². The first-order valence-electron chi connectivity index (χ1n) is 7.14. The molecule has 0 aromatic heterocycles. The van der Waals surface area contributed by atoms with Gasteiger partial charge >= 0.3 is 0 Å². The van der Waals surface area contributed by atoms with Gasteiger partial charge in [-0.2, -0.15) is 0 Å². The average molecular weight is 255 g/mol. The van der Waals surface area contributed by atoms with Gasteiger partial charge in [0.15, 0.2) is 0 Å². The summed E-state index contributed by atoms with van der Waals surface area (Å²) in [5, 5.41) is 15.4. The summed E-state index contributed by atoms with van der Waals surface area (Å²) in [5.41, 5.74) is 6.07. The third kappa shape index (κ3) is 4.48. The summed E-state index contributed by atoms with van der Waals surface area (Å²) in [6, 6.07) is 0. The first-order valence-corrected chi connectivity index (χ1v) is 7.14. The molecule has 1 saturated carbocycles. The predicted molar refractivity (Wildman–Crippen MR) is 75.9 cm³/mol. The number of hydrogen-bond donors (Lipinski definition) is 3. The molecule has 4 heteroatoms. The third-order valence-corrected chi connectivity index (χ3v) is 4.19. The second kappa shape index (κ2) is 6.41. The van der Waals surface area contributed by atoms with Crippen LogP contribution in [0.1, 0.15) is 59.3 Å². The van der Waals surface area contributed by atoms with Crippen LogP contribution >= 0.6 is 0 Å². The maximum absolute atomic E-state index is 8.69. The Morgan fingerprint density at radius 1 is 1.44 bits per heavy atom. The van der Waals surface area contributed by atoms with E-state index in [0.717, 1.165) is 25.9 Å². The minimum atomic E-state index is -0.211. The van der Waals surface area contributed by atoms with Crippen molar-refractivity contribution in [3.8, 4) is 0 Å². The Bertz CT molecular complexity index is 283. The molecule has 0 bridgehead atoms. The molecule has 1 aliphatic rings. The van der Waals surface area contributed by atoms with Gasteiger partial charge in [0.05, 0.1) is 0 Å². The van der Waals surface area contributed by atoms with Crippen LogP contribution < -0.4 is 11.1 Å². The molecule has 1 aliphatic carbocycles. The molecule has 106 valence electrons. The van der Waals surface area contributed by atoms with Gasteiger partial charge < -0.3 is 16.3 Å². The molecule has 0 aliphatic heterocycles. The molecule has 0 spiro atoms. The molecule has 1 rings (SSSR count). The zero-order valence-electron chi connectivity index (χ0n) is 12.1. The van der Waals surface area contributed by atoms with E-state index in [-0.39, 0.29) is 5.41 Å². The normalized spacial score (nSPS) is 18.9. The Labute approximate surface area is 111 Å². The summed E-state index contributed by atoms with van der Waals surface area (Å²) in [5.74, 6) is 0.326. The smallest absolute Gasteiger partial charge is 0.144 e. The maximum atomic E-state index is 8.69. The molecule has 0 radical (unpaired) electrons. The minimum absolute atomic E-state index is 0.211. The van der Waals surface area contributed by atoms with Gasteiger partial charge in [-0.05, 0) is 44.1 Å². The zero-order valence-corrected chi connectivity index (χ0v) is 12.1. The summed E-state index contributed by atoms with van der Waals surface area (Å²) >= 11 is 0. The number of rotatable bonds is 9. The zero-order chi connectivity index (χ0) is 13.6. The standard InChI is InChI=1S/C14H29N3O/c1-4-6-14(8-9-14)11-16-10-5-7-13(2,3)12(15)17-18/h16,18H,4-11H2,1-3H3,(H2,15,17). The highest BCUT2D eigenvalue weighted by Crippen LogP contribution is 2.48. The van der Waals surface area contributed by atoms with Gasteiger partial charge in [-0.25, -0.2) is 0 Å². The van der Waals surface area contributed by atoms with Gasteiger partial charge in [0.1, 0.15) is 5.84 Å². The molecule has 4 N–H and O–H groups in total. The van der Waals surface area contributed by atoms with Crippen LogP contribution in [0.3, 0.4) is 0 Å². The lowest BCUT2D eigenvalue weighted by Crippen LogP contribution is -2.33. The largest absolute Gasteiger partial charge is 0.409 e. The van der Waals surface area contributed by atoms with Crippen LogP contribution in [0.25, 0.3) is 0 Å². The quantitative estimate of drug-likeness (QED) is 0.195. The highest BCUT2D eigenvalue weighted by molar-refractivity contribution is 5.85. The van der Waals surface area contributed by atoms with Crippen molar-refractivity contribution in [3.63, 3.8) is 0 Å². The average Bonchev–Trinajstić information content (AvgIpc) is 3.08. The van der Waals surface area contributed by atoms with E-state index in [1.54, 1.807) is 0 Å². The van der Waals surface area contributed by atoms with E-state index in [1.165, 1.54) is 25.7 Å². The molecule has 0 heterocycles. The molecule has 0 aromatic rings. The number of amidine groups is 1. The van der Waals surface area contributed by atoms with E-state index < -0.39 is 0 Å². The van der Waals surface area contributed by atoms with Crippen LogP contribution in [0.4, 0.5) is 0 Å². The van der Waals surface area contributed by atoms with E-state index in [2.05, 4.69) is 17.4 Å². The molecule has 18 heavy (non-hydrogen) atoms. The Kier molecular flexibility index (Phi) is 5.45. The number of oxime groups is 1. The Morgan fingerprint density at radius 3 is 2.61 bits per heavy atom. The summed E-state index contributed by atoms with van der Waals surface area (Å²) in [6.45, 7) is 8.47. The molecule has 1 fully saturated rings. The Hall–Kier alpha value is -0.770. The van der Waals surface area contributed by atoms with Crippen molar-refractivity contribution in [2.24, 2.45) is 21.7 Å². The molecule has 0 aromatic carbocycles. The molecule has 0 atom stereocenters. The first kappa shape index (κ1) is 15.3. The lowest BCUT2D eigenvalue weighted by molar-refractivity contribution is 0.304. The van der Waals surface area contributed by atoms with Crippen LogP contribution in [-0.2, 0) is 0 Å². The second-order valence-corrected chi connectivity index (χ2v) is 6.40. The van der Waals surface area contributed by atoms with Gasteiger partial charge in [-0.15, -0.1) is 0 Å². The molecule has 4 nitrogen and oxygen atoms in total. The predicted octanol–water partition coefficient (Wildman–Crippen LogP) is 2.71. The molecular formula is C14H29N3O. The van der Waals surface area contributed by atoms with Crippen LogP contribution in [0.15, 0.2) is 5.16 Å². The molecular weight excluding hydrogens is 226 g/mol. The first-order chi connectivity index (χ1) is 8.46. The highest BCUT2D eigenvalue weighted by atomic mass is 16.4. The van der Waals surface area contributed by atoms with Crippen LogP contribution in [0.5, 0.6) is 0 Å². The van der Waals surface area contributed by atoms with Crippen molar-refractivity contribution < 1.29 is 5.21 Å². The number of hydrogen-bond acceptors (Lipinski definition) is 3. The van der Waals surface area contributed by atoms with Gasteiger partial charge in [-0.1, -0.05) is 32.3 Å². The van der Waals surface area contributed by atoms with E-state index in [9.17, 15) is 0 Å². The fourth-order valence-electron chi connectivity index (χ4n) is 2.49. The lowest BCUT2D eigenvalue weighted by atomic mass is 9.86. The van der Waals surface area contributed by atoms with Crippen molar-refractivity contribution >= 4 is 5.84 Å². The van der Waals surface area contributed by atoms with E-state index in [1.807, 2.05) is 13.8 Å². The molecule has 0 unspecified atom stereocenters. The summed E-state index contributed by atoms with van der Waals surface area (Å²) in [7, 11) is 0. The number of nitrogens with zero attached hydrogens (tertiary/aromatic N) is 1. The van der Waals surface area contributed by atoms with Gasteiger partial charge in [0, 0.05) is 12.0 Å². The topological polar surface area (TPSA) is 70.6 Å². The Morgan fingerprint density at radius 2 is 2.11 bits per heavy atom. The van der Waals surface area contributed by atoms with Gasteiger partial charge in [0.25, 0.3) is 0 Å². The molecule has 0 amide bonds. The summed E-state index contributed by atoms with van der Waals surface area (Å²) < 4.78 is 0. The van der Waals surface area contributed by atoms with Crippen molar-refractivity contribution in [2.45, 2.75) is 59.3 Å². The van der Waals surface area contributed by atoms with Crippen molar-refractivity contribution in [1.82, 2.24) is 5.32 Å². The van der Waals surface area contributed by atoms with Crippen molar-refractivity contribution in [3.05, 3.63) is 0 Å². The van der Waals surface area contributed by atoms with E-state index >= 15 is 0 Å². The summed E-state index contributed by atoms with van der Waals surface area (Å²) in [6.07, 6.45) is 7.43. The second-order valence-electron chi connectivity index (χ2n) is 6.40. The SMILES string of the molecule is CCCC1(CNCCCC(C)(C)C(N)=NO)CC1. The number of nitrogens with two attached hydrogens (primary N) is 1. The fourth-order valence-corrected chi connectivity index (χ4v) is 2.49. The maximum Gasteiger partial charge on any atom is 0.144 e. The lowest BCUT2D eigenvalue weighted by Gasteiger charge is -2.23. The minimum Gasteiger partial charge on any atom is -0.409 e. The number of nitrogens with one attached hydrogen (secondary N) is 1. The Balaban J connectivity index is 2.12. The van der Waals surface area contributed by atoms with Crippen LogP contribution in [0.2, 0.25) is 0 Å². The third-order valence-electron chi connectivity index (χ3n) is 4.19. The highest BCUT2D eigenvalue weighted by Gasteiger charge is 2.40. The molecule has 0 saturated heterocycles. The monoisotopic (exact) mass is 255 g/mol. The van der Waals surface area contributed by atoms with E-state index in [0.29, 0.717) is 11.3 Å². The van der Waals surface area contributed by atoms with Crippen molar-refractivity contribution in [1.29, 1.82) is 0 Å².